The number of rotatable bonds is 13. The summed E-state index contributed by atoms with van der Waals surface area (Å²) >= 11 is 0. The van der Waals surface area contributed by atoms with E-state index < -0.39 is 62.5 Å². The SMILES string of the molecule is CNCCCC(O)C1=Cc2ccccc2C1(P(=O)(O)O)P(=O)(OCOC(=O)C(C)(C)C)OCOC(=O)C(C)(C)C. The molecule has 0 fully saturated rings. The maximum Gasteiger partial charge on any atom is 0.363 e. The zero-order chi connectivity index (χ0) is 30.6. The molecule has 14 heteroatoms. The van der Waals surface area contributed by atoms with Gasteiger partial charge in [0.15, 0.2) is 0 Å². The normalized spacial score (nSPS) is 18.6. The van der Waals surface area contributed by atoms with Crippen LogP contribution in [-0.4, -0.2) is 60.1 Å². The molecule has 1 aromatic rings. The predicted octanol–water partition coefficient (Wildman–Crippen LogP) is 4.09. The Morgan fingerprint density at radius 2 is 1.45 bits per heavy atom. The highest BCUT2D eigenvalue weighted by atomic mass is 31.2. The van der Waals surface area contributed by atoms with E-state index in [4.69, 9.17) is 18.5 Å². The van der Waals surface area contributed by atoms with Gasteiger partial charge in [-0.15, -0.1) is 0 Å². The molecule has 0 aromatic heterocycles. The third kappa shape index (κ3) is 7.30. The third-order valence-corrected chi connectivity index (χ3v) is 11.2. The first-order chi connectivity index (χ1) is 18.3. The molecule has 2 unspecified atom stereocenters. The third-order valence-electron chi connectivity index (χ3n) is 6.18. The van der Waals surface area contributed by atoms with Gasteiger partial charge in [0.25, 0.3) is 0 Å². The lowest BCUT2D eigenvalue weighted by Crippen LogP contribution is -2.35. The van der Waals surface area contributed by atoms with Crippen molar-refractivity contribution in [2.75, 3.05) is 27.2 Å². The number of ether oxygens (including phenoxy) is 2. The topological polar surface area (TPSA) is 178 Å². The van der Waals surface area contributed by atoms with Crippen LogP contribution in [0.1, 0.15) is 65.5 Å². The first-order valence-corrected chi connectivity index (χ1v) is 15.9. The molecule has 1 aromatic carbocycles. The number of fused-ring (bicyclic) bond motifs is 1. The van der Waals surface area contributed by atoms with Crippen molar-refractivity contribution in [2.45, 2.75) is 65.4 Å². The van der Waals surface area contributed by atoms with Crippen LogP contribution in [0.15, 0.2) is 29.8 Å². The smallest absolute Gasteiger partial charge is 0.363 e. The van der Waals surface area contributed by atoms with E-state index >= 15 is 0 Å². The number of nitrogens with one attached hydrogen (secondary N) is 1. The van der Waals surface area contributed by atoms with Crippen LogP contribution in [0, 0.1) is 10.8 Å². The number of hydrogen-bond acceptors (Lipinski definition) is 10. The van der Waals surface area contributed by atoms with E-state index in [1.165, 1.54) is 24.3 Å². The maximum absolute atomic E-state index is 14.8. The van der Waals surface area contributed by atoms with Gasteiger partial charge in [-0.3, -0.25) is 27.8 Å². The second-order valence-electron chi connectivity index (χ2n) is 11.5. The van der Waals surface area contributed by atoms with Crippen LogP contribution in [0.5, 0.6) is 0 Å². The van der Waals surface area contributed by atoms with Crippen LogP contribution < -0.4 is 5.32 Å². The van der Waals surface area contributed by atoms with Gasteiger partial charge in [-0.25, -0.2) is 0 Å². The Hall–Kier alpha value is -1.88. The van der Waals surface area contributed by atoms with Crippen LogP contribution in [0.2, 0.25) is 0 Å². The summed E-state index contributed by atoms with van der Waals surface area (Å²) in [5.41, 5.74) is -2.05. The summed E-state index contributed by atoms with van der Waals surface area (Å²) in [6, 6.07) is 5.98. The predicted molar refractivity (Wildman–Crippen MR) is 148 cm³/mol. The van der Waals surface area contributed by atoms with Crippen molar-refractivity contribution in [2.24, 2.45) is 10.8 Å². The summed E-state index contributed by atoms with van der Waals surface area (Å²) in [6.45, 7) is 7.95. The summed E-state index contributed by atoms with van der Waals surface area (Å²) in [4.78, 5) is 43.7. The van der Waals surface area contributed by atoms with E-state index in [2.05, 4.69) is 5.32 Å². The second-order valence-corrected chi connectivity index (χ2v) is 15.8. The van der Waals surface area contributed by atoms with Gasteiger partial charge in [-0.2, -0.15) is 0 Å². The molecule has 0 saturated carbocycles. The van der Waals surface area contributed by atoms with Crippen molar-refractivity contribution < 1.29 is 52.1 Å². The Morgan fingerprint density at radius 1 is 0.950 bits per heavy atom. The van der Waals surface area contributed by atoms with Crippen molar-refractivity contribution in [3.8, 4) is 0 Å². The Balaban J connectivity index is 2.68. The van der Waals surface area contributed by atoms with E-state index in [9.17, 15) is 33.6 Å². The lowest BCUT2D eigenvalue weighted by Gasteiger charge is -2.40. The standard InChI is InChI=1S/C26H41NO11P2/c1-24(2,3)22(29)35-16-37-40(34,38-17-36-23(30)25(4,5)6)26(39(31,32)33)19-12-9-8-11-18(19)15-20(26)21(28)13-10-14-27-7/h8-9,11-12,15,21,27-28H,10,13-14,16-17H2,1-7H3,(H2,31,32,33). The molecule has 12 nitrogen and oxygen atoms in total. The van der Waals surface area contributed by atoms with E-state index in [-0.39, 0.29) is 23.1 Å². The molecule has 0 radical (unpaired) electrons. The molecular formula is C26H41NO11P2. The minimum absolute atomic E-state index is 0.0560. The van der Waals surface area contributed by atoms with Crippen LogP contribution in [0.25, 0.3) is 6.08 Å². The molecule has 0 amide bonds. The molecule has 2 rings (SSSR count). The Bertz CT molecular complexity index is 1160. The number of hydrogen-bond donors (Lipinski definition) is 4. The monoisotopic (exact) mass is 605 g/mol. The first kappa shape index (κ1) is 34.3. The molecule has 40 heavy (non-hydrogen) atoms. The quantitative estimate of drug-likeness (QED) is 0.110. The van der Waals surface area contributed by atoms with Gasteiger partial charge in [0, 0.05) is 0 Å². The molecule has 1 aliphatic carbocycles. The largest absolute Gasteiger partial charge is 0.438 e. The fraction of sp³-hybridized carbons (Fsp3) is 0.615. The van der Waals surface area contributed by atoms with Gasteiger partial charge in [0.2, 0.25) is 18.5 Å². The molecule has 0 heterocycles. The number of aliphatic hydroxyl groups excluding tert-OH is 1. The molecule has 0 bridgehead atoms. The van der Waals surface area contributed by atoms with Crippen molar-refractivity contribution in [3.05, 3.63) is 41.0 Å². The molecule has 0 spiro atoms. The maximum atomic E-state index is 14.8. The minimum atomic E-state index is -5.58. The summed E-state index contributed by atoms with van der Waals surface area (Å²) in [7, 11) is -9.04. The summed E-state index contributed by atoms with van der Waals surface area (Å²) in [5, 5.41) is 14.1. The van der Waals surface area contributed by atoms with Crippen molar-refractivity contribution in [3.63, 3.8) is 0 Å². The lowest BCUT2D eigenvalue weighted by atomic mass is 9.98. The zero-order valence-corrected chi connectivity index (χ0v) is 25.8. The molecule has 4 N–H and O–H groups in total. The number of esters is 2. The van der Waals surface area contributed by atoms with Crippen molar-refractivity contribution in [1.82, 2.24) is 5.32 Å². The number of carbonyl (C=O) groups is 2. The molecule has 1 aliphatic rings. The molecule has 0 saturated heterocycles. The summed E-state index contributed by atoms with van der Waals surface area (Å²) in [5.74, 6) is -1.48. The van der Waals surface area contributed by atoms with Crippen LogP contribution in [0.3, 0.4) is 0 Å². The van der Waals surface area contributed by atoms with E-state index in [1.54, 1.807) is 54.7 Å². The zero-order valence-electron chi connectivity index (χ0n) is 24.0. The molecule has 226 valence electrons. The number of benzene rings is 1. The second kappa shape index (κ2) is 13.0. The summed E-state index contributed by atoms with van der Waals surface area (Å²) < 4.78 is 49.4. The van der Waals surface area contributed by atoms with Gasteiger partial charge in [-0.05, 0) is 84.7 Å². The Labute approximate surface area is 235 Å². The summed E-state index contributed by atoms with van der Waals surface area (Å²) in [6.07, 6.45) is 0.352. The Morgan fingerprint density at radius 3 is 1.90 bits per heavy atom. The van der Waals surface area contributed by atoms with E-state index in [0.717, 1.165) is 0 Å². The number of aliphatic hydroxyl groups is 1. The molecule has 2 atom stereocenters. The first-order valence-electron chi connectivity index (χ1n) is 12.8. The minimum Gasteiger partial charge on any atom is -0.438 e. The van der Waals surface area contributed by atoms with E-state index in [1.807, 2.05) is 0 Å². The van der Waals surface area contributed by atoms with Gasteiger partial charge in [0.05, 0.1) is 16.9 Å². The fourth-order valence-electron chi connectivity index (χ4n) is 4.07. The van der Waals surface area contributed by atoms with E-state index in [0.29, 0.717) is 13.0 Å². The highest BCUT2D eigenvalue weighted by molar-refractivity contribution is 7.73. The highest BCUT2D eigenvalue weighted by Gasteiger charge is 2.70. The Kier molecular flexibility index (Phi) is 11.1. The average Bonchev–Trinajstić information content (AvgIpc) is 3.20. The van der Waals surface area contributed by atoms with Gasteiger partial charge < -0.3 is 29.7 Å². The number of carbonyl (C=O) groups excluding carboxylic acids is 2. The van der Waals surface area contributed by atoms with Gasteiger partial charge in [0.1, 0.15) is 0 Å². The average molecular weight is 606 g/mol. The van der Waals surface area contributed by atoms with Crippen molar-refractivity contribution in [1.29, 1.82) is 0 Å². The highest BCUT2D eigenvalue weighted by Crippen LogP contribution is 2.83. The van der Waals surface area contributed by atoms with Crippen LogP contribution in [0.4, 0.5) is 0 Å². The molecular weight excluding hydrogens is 564 g/mol. The van der Waals surface area contributed by atoms with Crippen LogP contribution >= 0.6 is 15.2 Å². The van der Waals surface area contributed by atoms with Crippen molar-refractivity contribution >= 4 is 33.2 Å². The van der Waals surface area contributed by atoms with Gasteiger partial charge in [-0.1, -0.05) is 30.3 Å². The van der Waals surface area contributed by atoms with Crippen LogP contribution in [-0.2, 0) is 42.1 Å². The lowest BCUT2D eigenvalue weighted by molar-refractivity contribution is -0.162. The fourth-order valence-corrected chi connectivity index (χ4v) is 8.62. The molecule has 0 aliphatic heterocycles. The van der Waals surface area contributed by atoms with Gasteiger partial charge >= 0.3 is 27.1 Å².